The minimum Gasteiger partial charge on any atom is -0.377 e. The highest BCUT2D eigenvalue weighted by Gasteiger charge is 2.29. The number of hydrogen-bond acceptors (Lipinski definition) is 4. The summed E-state index contributed by atoms with van der Waals surface area (Å²) < 4.78 is 5.69. The molecule has 0 spiro atoms. The van der Waals surface area contributed by atoms with Crippen molar-refractivity contribution >= 4 is 5.91 Å². The van der Waals surface area contributed by atoms with Crippen molar-refractivity contribution in [2.45, 2.75) is 31.8 Å². The predicted octanol–water partition coefficient (Wildman–Crippen LogP) is 0.309. The van der Waals surface area contributed by atoms with Crippen LogP contribution in [0.25, 0.3) is 0 Å². The van der Waals surface area contributed by atoms with E-state index in [0.29, 0.717) is 12.0 Å². The Bertz CT molecular complexity index is 317. The van der Waals surface area contributed by atoms with Gasteiger partial charge in [0.05, 0.1) is 12.0 Å². The van der Waals surface area contributed by atoms with Gasteiger partial charge in [-0.2, -0.15) is 0 Å². The highest BCUT2D eigenvalue weighted by molar-refractivity contribution is 5.79. The number of carbonyl (C=O) groups excluding carboxylic acids is 1. The van der Waals surface area contributed by atoms with Crippen LogP contribution >= 0.6 is 0 Å². The van der Waals surface area contributed by atoms with Crippen LogP contribution in [0.1, 0.15) is 25.7 Å². The molecular formula is C15H27N3O2. The minimum atomic E-state index is 0.216. The summed E-state index contributed by atoms with van der Waals surface area (Å²) in [6.07, 6.45) is 5.03. The largest absolute Gasteiger partial charge is 0.377 e. The quantitative estimate of drug-likeness (QED) is 0.809. The van der Waals surface area contributed by atoms with E-state index in [9.17, 15) is 4.79 Å². The molecule has 0 aromatic heterocycles. The van der Waals surface area contributed by atoms with Crippen LogP contribution in [0.2, 0.25) is 0 Å². The summed E-state index contributed by atoms with van der Waals surface area (Å²) in [6.45, 7) is 7.71. The number of piperidine rings is 1. The topological polar surface area (TPSA) is 44.8 Å². The zero-order chi connectivity index (χ0) is 13.8. The Kier molecular flexibility index (Phi) is 4.91. The number of rotatable bonds is 3. The lowest BCUT2D eigenvalue weighted by molar-refractivity contribution is -0.138. The zero-order valence-corrected chi connectivity index (χ0v) is 12.4. The van der Waals surface area contributed by atoms with E-state index in [1.54, 1.807) is 0 Å². The number of piperazine rings is 1. The molecule has 0 radical (unpaired) electrons. The van der Waals surface area contributed by atoms with Crippen LogP contribution in [0.15, 0.2) is 0 Å². The Morgan fingerprint density at radius 1 is 1.15 bits per heavy atom. The van der Waals surface area contributed by atoms with Gasteiger partial charge in [0.25, 0.3) is 0 Å². The minimum absolute atomic E-state index is 0.216. The lowest BCUT2D eigenvalue weighted by Gasteiger charge is -2.37. The molecule has 0 aromatic rings. The van der Waals surface area contributed by atoms with Crippen molar-refractivity contribution in [3.8, 4) is 0 Å². The first-order valence-corrected chi connectivity index (χ1v) is 8.16. The van der Waals surface area contributed by atoms with Gasteiger partial charge in [0.1, 0.15) is 0 Å². The molecule has 3 fully saturated rings. The van der Waals surface area contributed by atoms with E-state index in [-0.39, 0.29) is 5.92 Å². The molecule has 0 aliphatic carbocycles. The second kappa shape index (κ2) is 6.87. The summed E-state index contributed by atoms with van der Waals surface area (Å²) in [4.78, 5) is 17.0. The van der Waals surface area contributed by atoms with Crippen molar-refractivity contribution in [2.24, 2.45) is 5.92 Å². The van der Waals surface area contributed by atoms with Crippen LogP contribution in [0.5, 0.6) is 0 Å². The Labute approximate surface area is 121 Å². The van der Waals surface area contributed by atoms with Gasteiger partial charge in [0.2, 0.25) is 5.91 Å². The number of nitrogens with one attached hydrogen (secondary N) is 1. The van der Waals surface area contributed by atoms with Gasteiger partial charge in [0.15, 0.2) is 0 Å². The lowest BCUT2D eigenvalue weighted by atomic mass is 9.98. The number of nitrogens with zero attached hydrogens (tertiary/aromatic N) is 2. The van der Waals surface area contributed by atoms with E-state index in [4.69, 9.17) is 4.74 Å². The van der Waals surface area contributed by atoms with Crippen LogP contribution in [-0.4, -0.2) is 74.2 Å². The summed E-state index contributed by atoms with van der Waals surface area (Å²) in [7, 11) is 0. The van der Waals surface area contributed by atoms with Crippen LogP contribution in [-0.2, 0) is 9.53 Å². The number of ether oxygens (including phenoxy) is 1. The maximum atomic E-state index is 12.4. The molecule has 1 amide bonds. The van der Waals surface area contributed by atoms with Crippen molar-refractivity contribution in [1.82, 2.24) is 15.1 Å². The van der Waals surface area contributed by atoms with Crippen molar-refractivity contribution < 1.29 is 9.53 Å². The average molecular weight is 281 g/mol. The molecule has 3 aliphatic rings. The summed E-state index contributed by atoms with van der Waals surface area (Å²) in [5, 5.41) is 3.34. The van der Waals surface area contributed by atoms with E-state index in [1.807, 2.05) is 0 Å². The van der Waals surface area contributed by atoms with Crippen molar-refractivity contribution in [3.05, 3.63) is 0 Å². The summed E-state index contributed by atoms with van der Waals surface area (Å²) in [5.41, 5.74) is 0. The number of amides is 1. The first-order valence-electron chi connectivity index (χ1n) is 8.16. The van der Waals surface area contributed by atoms with Gasteiger partial charge in [-0.1, -0.05) is 0 Å². The van der Waals surface area contributed by atoms with Gasteiger partial charge in [-0.25, -0.2) is 0 Å². The van der Waals surface area contributed by atoms with Crippen molar-refractivity contribution in [1.29, 1.82) is 0 Å². The molecule has 114 valence electrons. The molecule has 1 N–H and O–H groups in total. The molecule has 5 nitrogen and oxygen atoms in total. The maximum absolute atomic E-state index is 12.4. The molecule has 3 heterocycles. The summed E-state index contributed by atoms with van der Waals surface area (Å²) >= 11 is 0. The lowest BCUT2D eigenvalue weighted by Crippen LogP contribution is -2.53. The van der Waals surface area contributed by atoms with Gasteiger partial charge in [0, 0.05) is 45.9 Å². The Morgan fingerprint density at radius 3 is 2.65 bits per heavy atom. The molecule has 0 saturated carbocycles. The number of hydrogen-bond donors (Lipinski definition) is 1. The van der Waals surface area contributed by atoms with Crippen LogP contribution < -0.4 is 5.32 Å². The first kappa shape index (κ1) is 14.3. The third-order valence-corrected chi connectivity index (χ3v) is 4.82. The second-order valence-electron chi connectivity index (χ2n) is 6.30. The zero-order valence-electron chi connectivity index (χ0n) is 12.4. The summed E-state index contributed by atoms with van der Waals surface area (Å²) in [6, 6.07) is 0. The molecule has 20 heavy (non-hydrogen) atoms. The fourth-order valence-electron chi connectivity index (χ4n) is 3.55. The molecule has 1 unspecified atom stereocenters. The first-order chi connectivity index (χ1) is 9.83. The normalized spacial score (nSPS) is 32.5. The smallest absolute Gasteiger partial charge is 0.227 e. The molecule has 3 rings (SSSR count). The van der Waals surface area contributed by atoms with Gasteiger partial charge >= 0.3 is 0 Å². The Hall–Kier alpha value is -0.650. The summed E-state index contributed by atoms with van der Waals surface area (Å²) in [5.74, 6) is 0.586. The van der Waals surface area contributed by atoms with Gasteiger partial charge in [-0.05, 0) is 32.2 Å². The fourth-order valence-corrected chi connectivity index (χ4v) is 3.55. The molecule has 2 atom stereocenters. The highest BCUT2D eigenvalue weighted by atomic mass is 16.5. The highest BCUT2D eigenvalue weighted by Crippen LogP contribution is 2.17. The van der Waals surface area contributed by atoms with E-state index in [2.05, 4.69) is 15.1 Å². The van der Waals surface area contributed by atoms with Crippen LogP contribution in [0.3, 0.4) is 0 Å². The second-order valence-corrected chi connectivity index (χ2v) is 6.30. The molecule has 0 aromatic carbocycles. The number of carbonyl (C=O) groups is 1. The van der Waals surface area contributed by atoms with Gasteiger partial charge < -0.3 is 15.0 Å². The van der Waals surface area contributed by atoms with E-state index >= 15 is 0 Å². The molecule has 3 aliphatic heterocycles. The monoisotopic (exact) mass is 281 g/mol. The van der Waals surface area contributed by atoms with Crippen LogP contribution in [0, 0.1) is 5.92 Å². The molecule has 0 bridgehead atoms. The molecule has 5 heteroatoms. The van der Waals surface area contributed by atoms with E-state index in [0.717, 1.165) is 65.3 Å². The fraction of sp³-hybridized carbons (Fsp3) is 0.933. The molecule has 3 saturated heterocycles. The van der Waals surface area contributed by atoms with E-state index in [1.165, 1.54) is 12.8 Å². The Morgan fingerprint density at radius 2 is 2.00 bits per heavy atom. The van der Waals surface area contributed by atoms with Crippen LogP contribution in [0.4, 0.5) is 0 Å². The SMILES string of the molecule is O=C([C@H]1CCCNC1)N1CCN(CC2CCCO2)CC1. The maximum Gasteiger partial charge on any atom is 0.227 e. The predicted molar refractivity (Wildman–Crippen MR) is 77.6 cm³/mol. The molecular weight excluding hydrogens is 254 g/mol. The Balaban J connectivity index is 1.41. The third-order valence-electron chi connectivity index (χ3n) is 4.82. The van der Waals surface area contributed by atoms with Gasteiger partial charge in [-0.3, -0.25) is 9.69 Å². The van der Waals surface area contributed by atoms with Gasteiger partial charge in [-0.15, -0.1) is 0 Å². The standard InChI is InChI=1S/C15H27N3O2/c19-15(13-3-1-5-16-11-13)18-8-6-17(7-9-18)12-14-4-2-10-20-14/h13-14,16H,1-12H2/t13-,14?/m0/s1. The van der Waals surface area contributed by atoms with E-state index < -0.39 is 0 Å². The third kappa shape index (κ3) is 3.51. The van der Waals surface area contributed by atoms with Crippen molar-refractivity contribution in [2.75, 3.05) is 52.4 Å². The van der Waals surface area contributed by atoms with Crippen molar-refractivity contribution in [3.63, 3.8) is 0 Å². The average Bonchev–Trinajstić information content (AvgIpc) is 3.01.